The second-order valence-corrected chi connectivity index (χ2v) is 8.21. The molecule has 2 aromatic carbocycles. The summed E-state index contributed by atoms with van der Waals surface area (Å²) in [6, 6.07) is 8.13. The molecule has 1 amide bonds. The van der Waals surface area contributed by atoms with Gasteiger partial charge in [0.1, 0.15) is 17.3 Å². The molecule has 0 saturated carbocycles. The maximum Gasteiger partial charge on any atom is 0.315 e. The zero-order valence-electron chi connectivity index (χ0n) is 17.4. The van der Waals surface area contributed by atoms with E-state index in [0.29, 0.717) is 11.6 Å². The van der Waals surface area contributed by atoms with E-state index in [0.717, 1.165) is 6.07 Å². The molecule has 0 aromatic heterocycles. The Morgan fingerprint density at radius 1 is 0.966 bits per heavy atom. The molecule has 5 nitrogen and oxygen atoms in total. The Kier molecular flexibility index (Phi) is 6.30. The Hall–Kier alpha value is -2.96. The van der Waals surface area contributed by atoms with Crippen molar-refractivity contribution in [2.24, 2.45) is 5.41 Å². The molecule has 2 rings (SSSR count). The SMILES string of the molecule is COC(=O)C(C)(C)c1ccc(Oc2cc(F)cc(F)c2NC(=O)C(C)(C)C)cc1. The molecule has 0 radical (unpaired) electrons. The maximum absolute atomic E-state index is 14.3. The van der Waals surface area contributed by atoms with Crippen LogP contribution in [0.3, 0.4) is 0 Å². The summed E-state index contributed by atoms with van der Waals surface area (Å²) in [4.78, 5) is 24.2. The molecule has 1 N–H and O–H groups in total. The molecule has 2 aromatic rings. The van der Waals surface area contributed by atoms with Crippen LogP contribution in [0.15, 0.2) is 36.4 Å². The third kappa shape index (κ3) is 5.10. The van der Waals surface area contributed by atoms with Gasteiger partial charge in [0.2, 0.25) is 5.91 Å². The number of hydrogen-bond donors (Lipinski definition) is 1. The third-order valence-electron chi connectivity index (χ3n) is 4.44. The Labute approximate surface area is 169 Å². The summed E-state index contributed by atoms with van der Waals surface area (Å²) in [6.45, 7) is 8.46. The Balaban J connectivity index is 2.34. The molecule has 0 spiro atoms. The topological polar surface area (TPSA) is 64.6 Å². The normalized spacial score (nSPS) is 11.7. The van der Waals surface area contributed by atoms with Gasteiger partial charge in [-0.15, -0.1) is 0 Å². The van der Waals surface area contributed by atoms with Gasteiger partial charge in [0, 0.05) is 17.5 Å². The van der Waals surface area contributed by atoms with Crippen LogP contribution < -0.4 is 10.1 Å². The molecule has 0 bridgehead atoms. The van der Waals surface area contributed by atoms with Crippen LogP contribution in [0.25, 0.3) is 0 Å². The van der Waals surface area contributed by atoms with Crippen LogP contribution in [0.1, 0.15) is 40.2 Å². The second kappa shape index (κ2) is 8.19. The Morgan fingerprint density at radius 2 is 1.55 bits per heavy atom. The summed E-state index contributed by atoms with van der Waals surface area (Å²) in [7, 11) is 1.31. The number of carbonyl (C=O) groups excluding carboxylic acids is 2. The van der Waals surface area contributed by atoms with Gasteiger partial charge in [0.05, 0.1) is 12.5 Å². The summed E-state index contributed by atoms with van der Waals surface area (Å²) in [5.74, 6) is -2.50. The lowest BCUT2D eigenvalue weighted by atomic mass is 9.85. The molecule has 0 unspecified atom stereocenters. The quantitative estimate of drug-likeness (QED) is 0.695. The first-order valence-corrected chi connectivity index (χ1v) is 9.03. The van der Waals surface area contributed by atoms with E-state index >= 15 is 0 Å². The van der Waals surface area contributed by atoms with Gasteiger partial charge >= 0.3 is 5.97 Å². The zero-order valence-corrected chi connectivity index (χ0v) is 17.4. The number of nitrogens with one attached hydrogen (secondary N) is 1. The van der Waals surface area contributed by atoms with Crippen molar-refractivity contribution in [1.82, 2.24) is 0 Å². The van der Waals surface area contributed by atoms with E-state index in [1.54, 1.807) is 58.9 Å². The number of carbonyl (C=O) groups is 2. The average molecular weight is 405 g/mol. The van der Waals surface area contributed by atoms with Crippen LogP contribution in [-0.2, 0) is 19.7 Å². The fourth-order valence-electron chi connectivity index (χ4n) is 2.49. The number of benzene rings is 2. The minimum atomic E-state index is -0.943. The van der Waals surface area contributed by atoms with Crippen molar-refractivity contribution in [2.45, 2.75) is 40.0 Å². The van der Waals surface area contributed by atoms with Crippen LogP contribution in [-0.4, -0.2) is 19.0 Å². The predicted molar refractivity (Wildman–Crippen MR) is 106 cm³/mol. The minimum absolute atomic E-state index is 0.167. The third-order valence-corrected chi connectivity index (χ3v) is 4.44. The summed E-state index contributed by atoms with van der Waals surface area (Å²) in [5.41, 5.74) is -1.21. The van der Waals surface area contributed by atoms with E-state index in [2.05, 4.69) is 5.32 Å². The highest BCUT2D eigenvalue weighted by molar-refractivity contribution is 5.96. The van der Waals surface area contributed by atoms with Gasteiger partial charge < -0.3 is 14.8 Å². The average Bonchev–Trinajstić information content (AvgIpc) is 2.63. The largest absolute Gasteiger partial charge is 0.468 e. The highest BCUT2D eigenvalue weighted by Crippen LogP contribution is 2.35. The first kappa shape index (κ1) is 22.3. The first-order chi connectivity index (χ1) is 13.4. The minimum Gasteiger partial charge on any atom is -0.468 e. The van der Waals surface area contributed by atoms with Gasteiger partial charge in [0.15, 0.2) is 11.6 Å². The predicted octanol–water partition coefficient (Wildman–Crippen LogP) is 5.19. The van der Waals surface area contributed by atoms with Gasteiger partial charge in [-0.1, -0.05) is 32.9 Å². The van der Waals surface area contributed by atoms with Crippen LogP contribution in [0.2, 0.25) is 0 Å². The molecule has 0 atom stereocenters. The Morgan fingerprint density at radius 3 is 2.07 bits per heavy atom. The van der Waals surface area contributed by atoms with Crippen LogP contribution in [0, 0.1) is 17.0 Å². The van der Waals surface area contributed by atoms with Crippen molar-refractivity contribution >= 4 is 17.6 Å². The van der Waals surface area contributed by atoms with Crippen molar-refractivity contribution in [2.75, 3.05) is 12.4 Å². The summed E-state index contributed by atoms with van der Waals surface area (Å²) in [5, 5.41) is 2.46. The van der Waals surface area contributed by atoms with E-state index < -0.39 is 34.3 Å². The second-order valence-electron chi connectivity index (χ2n) is 8.21. The molecular weight excluding hydrogens is 380 g/mol. The van der Waals surface area contributed by atoms with Gasteiger partial charge in [-0.3, -0.25) is 9.59 Å². The van der Waals surface area contributed by atoms with Gasteiger partial charge in [-0.25, -0.2) is 8.78 Å². The number of methoxy groups -OCH3 is 1. The molecule has 7 heteroatoms. The molecule has 156 valence electrons. The molecule has 29 heavy (non-hydrogen) atoms. The van der Waals surface area contributed by atoms with Crippen LogP contribution in [0.5, 0.6) is 11.5 Å². The van der Waals surface area contributed by atoms with Gasteiger partial charge in [0.25, 0.3) is 0 Å². The van der Waals surface area contributed by atoms with Crippen molar-refractivity contribution < 1.29 is 27.8 Å². The summed E-state index contributed by atoms with van der Waals surface area (Å²) >= 11 is 0. The van der Waals surface area contributed by atoms with Gasteiger partial charge in [-0.05, 0) is 31.5 Å². The van der Waals surface area contributed by atoms with E-state index in [9.17, 15) is 18.4 Å². The number of ether oxygens (including phenoxy) is 2. The van der Waals surface area contributed by atoms with Crippen molar-refractivity contribution in [3.8, 4) is 11.5 Å². The number of esters is 1. The number of rotatable bonds is 5. The van der Waals surface area contributed by atoms with E-state index in [1.165, 1.54) is 7.11 Å². The number of amides is 1. The molecule has 0 heterocycles. The standard InChI is InChI=1S/C22H25F2NO4/c1-21(2,3)19(26)25-18-16(24)11-14(23)12-17(18)29-15-9-7-13(8-10-15)22(4,5)20(27)28-6/h7-12H,1-6H3,(H,25,26). The van der Waals surface area contributed by atoms with Crippen molar-refractivity contribution in [3.63, 3.8) is 0 Å². The first-order valence-electron chi connectivity index (χ1n) is 9.03. The Bertz CT molecular complexity index is 916. The lowest BCUT2D eigenvalue weighted by Crippen LogP contribution is -2.30. The van der Waals surface area contributed by atoms with Crippen molar-refractivity contribution in [3.05, 3.63) is 53.6 Å². The molecular formula is C22H25F2NO4. The maximum atomic E-state index is 14.3. The molecule has 0 aliphatic rings. The number of halogens is 2. The van der Waals surface area contributed by atoms with E-state index in [-0.39, 0.29) is 17.2 Å². The highest BCUT2D eigenvalue weighted by Gasteiger charge is 2.31. The lowest BCUT2D eigenvalue weighted by Gasteiger charge is -2.22. The lowest BCUT2D eigenvalue weighted by molar-refractivity contribution is -0.146. The summed E-state index contributed by atoms with van der Waals surface area (Å²) in [6.07, 6.45) is 0. The fraction of sp³-hybridized carbons (Fsp3) is 0.364. The number of anilines is 1. The smallest absolute Gasteiger partial charge is 0.315 e. The molecule has 0 aliphatic carbocycles. The van der Waals surface area contributed by atoms with Crippen molar-refractivity contribution in [1.29, 1.82) is 0 Å². The molecule has 0 fully saturated rings. The van der Waals surface area contributed by atoms with Crippen LogP contribution >= 0.6 is 0 Å². The van der Waals surface area contributed by atoms with Gasteiger partial charge in [-0.2, -0.15) is 0 Å². The molecule has 0 saturated heterocycles. The molecule has 0 aliphatic heterocycles. The summed E-state index contributed by atoms with van der Waals surface area (Å²) < 4.78 is 38.5. The van der Waals surface area contributed by atoms with E-state index in [1.807, 2.05) is 0 Å². The zero-order chi connectivity index (χ0) is 22.0. The fourth-order valence-corrected chi connectivity index (χ4v) is 2.49. The van der Waals surface area contributed by atoms with E-state index in [4.69, 9.17) is 9.47 Å². The van der Waals surface area contributed by atoms with Crippen LogP contribution in [0.4, 0.5) is 14.5 Å². The highest BCUT2D eigenvalue weighted by atomic mass is 19.1. The number of hydrogen-bond acceptors (Lipinski definition) is 4. The monoisotopic (exact) mass is 405 g/mol.